The summed E-state index contributed by atoms with van der Waals surface area (Å²) in [5, 5.41) is 3.72. The highest BCUT2D eigenvalue weighted by Crippen LogP contribution is 2.35. The van der Waals surface area contributed by atoms with Crippen molar-refractivity contribution in [2.24, 2.45) is 0 Å². The molecule has 0 aliphatic heterocycles. The zero-order chi connectivity index (χ0) is 26.0. The Hall–Kier alpha value is -4.23. The number of amides is 1. The van der Waals surface area contributed by atoms with E-state index in [1.165, 1.54) is 5.56 Å². The molecule has 2 aromatic heterocycles. The Morgan fingerprint density at radius 1 is 0.892 bits per heavy atom. The molecule has 1 atom stereocenters. The number of nitrogens with zero attached hydrogens (tertiary/aromatic N) is 1. The smallest absolute Gasteiger partial charge is 0.273 e. The fourth-order valence-electron chi connectivity index (χ4n) is 4.19. The van der Waals surface area contributed by atoms with E-state index in [-0.39, 0.29) is 11.3 Å². The lowest BCUT2D eigenvalue weighted by atomic mass is 9.87. The van der Waals surface area contributed by atoms with Crippen LogP contribution < -0.4 is 10.0 Å². The van der Waals surface area contributed by atoms with E-state index < -0.39 is 11.0 Å². The van der Waals surface area contributed by atoms with E-state index in [0.29, 0.717) is 22.1 Å². The third-order valence-electron chi connectivity index (χ3n) is 6.14. The Morgan fingerprint density at radius 3 is 2.30 bits per heavy atom. The maximum absolute atomic E-state index is 13.3. The molecule has 0 aliphatic rings. The van der Waals surface area contributed by atoms with Crippen LogP contribution in [0.5, 0.6) is 0 Å². The number of benzene rings is 3. The SMILES string of the molecule is CC(C)(C)c1ccc(S(=O)Nc2ccc3[nH]c(C(=O)Nc4ccccn4)c(-c4ccccc4)c3c2)cc1. The van der Waals surface area contributed by atoms with Gasteiger partial charge in [-0.15, -0.1) is 0 Å². The molecule has 3 N–H and O–H groups in total. The fraction of sp³-hybridized carbons (Fsp3) is 0.133. The number of pyridine rings is 1. The van der Waals surface area contributed by atoms with Gasteiger partial charge < -0.3 is 15.0 Å². The van der Waals surface area contributed by atoms with Crippen molar-refractivity contribution in [2.75, 3.05) is 10.0 Å². The first kappa shape index (κ1) is 24.5. The molecule has 3 aromatic carbocycles. The number of fused-ring (bicyclic) bond motifs is 1. The Morgan fingerprint density at radius 2 is 1.62 bits per heavy atom. The van der Waals surface area contributed by atoms with Crippen LogP contribution >= 0.6 is 0 Å². The topological polar surface area (TPSA) is 86.9 Å². The van der Waals surface area contributed by atoms with E-state index in [9.17, 15) is 9.00 Å². The van der Waals surface area contributed by atoms with Crippen molar-refractivity contribution in [3.63, 3.8) is 0 Å². The first-order valence-corrected chi connectivity index (χ1v) is 13.2. The summed E-state index contributed by atoms with van der Waals surface area (Å²) in [5.74, 6) is 0.186. The van der Waals surface area contributed by atoms with Crippen molar-refractivity contribution in [3.8, 4) is 11.1 Å². The lowest BCUT2D eigenvalue weighted by Gasteiger charge is -2.19. The van der Waals surface area contributed by atoms with E-state index in [4.69, 9.17) is 0 Å². The zero-order valence-corrected chi connectivity index (χ0v) is 21.7. The number of carbonyl (C=O) groups excluding carboxylic acids is 1. The van der Waals surface area contributed by atoms with E-state index in [0.717, 1.165) is 22.0 Å². The van der Waals surface area contributed by atoms with Crippen LogP contribution in [0.15, 0.2) is 102 Å². The second-order valence-corrected chi connectivity index (χ2v) is 11.0. The summed E-state index contributed by atoms with van der Waals surface area (Å²) >= 11 is 0. The van der Waals surface area contributed by atoms with Gasteiger partial charge in [-0.2, -0.15) is 0 Å². The summed E-state index contributed by atoms with van der Waals surface area (Å²) in [7, 11) is -1.44. The van der Waals surface area contributed by atoms with Crippen LogP contribution in [-0.4, -0.2) is 20.1 Å². The summed E-state index contributed by atoms with van der Waals surface area (Å²) in [6.45, 7) is 6.45. The minimum Gasteiger partial charge on any atom is -0.350 e. The fourth-order valence-corrected chi connectivity index (χ4v) is 5.03. The molecule has 0 saturated heterocycles. The zero-order valence-electron chi connectivity index (χ0n) is 20.9. The minimum atomic E-state index is -1.44. The summed E-state index contributed by atoms with van der Waals surface area (Å²) in [5.41, 5.74) is 4.81. The Kier molecular flexibility index (Phi) is 6.63. The molecule has 7 heteroatoms. The number of aromatic nitrogens is 2. The van der Waals surface area contributed by atoms with E-state index >= 15 is 0 Å². The van der Waals surface area contributed by atoms with E-state index in [1.807, 2.05) is 78.9 Å². The van der Waals surface area contributed by atoms with Crippen molar-refractivity contribution in [1.82, 2.24) is 9.97 Å². The monoisotopic (exact) mass is 508 g/mol. The molecule has 0 spiro atoms. The van der Waals surface area contributed by atoms with Crippen LogP contribution in [0.3, 0.4) is 0 Å². The van der Waals surface area contributed by atoms with Crippen molar-refractivity contribution in [3.05, 3.63) is 108 Å². The Labute approximate surface area is 218 Å². The van der Waals surface area contributed by atoms with Gasteiger partial charge in [0.25, 0.3) is 5.91 Å². The van der Waals surface area contributed by atoms with Gasteiger partial charge in [-0.3, -0.25) is 4.79 Å². The number of hydrogen-bond donors (Lipinski definition) is 3. The number of carbonyl (C=O) groups is 1. The third kappa shape index (κ3) is 5.32. The van der Waals surface area contributed by atoms with Gasteiger partial charge in [-0.1, -0.05) is 69.3 Å². The quantitative estimate of drug-likeness (QED) is 0.233. The molecule has 0 fully saturated rings. The van der Waals surface area contributed by atoms with Crippen molar-refractivity contribution in [2.45, 2.75) is 31.1 Å². The molecule has 1 unspecified atom stereocenters. The normalized spacial score (nSPS) is 12.3. The predicted molar refractivity (Wildman–Crippen MR) is 151 cm³/mol. The van der Waals surface area contributed by atoms with Gasteiger partial charge in [-0.05, 0) is 59.0 Å². The largest absolute Gasteiger partial charge is 0.350 e. The molecule has 1 amide bonds. The van der Waals surface area contributed by atoms with Crippen LogP contribution in [0.2, 0.25) is 0 Å². The van der Waals surface area contributed by atoms with Crippen LogP contribution in [0.25, 0.3) is 22.0 Å². The second-order valence-electron chi connectivity index (χ2n) is 9.82. The minimum absolute atomic E-state index is 0.0289. The number of hydrogen-bond acceptors (Lipinski definition) is 3. The van der Waals surface area contributed by atoms with Crippen LogP contribution in [0.1, 0.15) is 36.8 Å². The van der Waals surface area contributed by atoms with Gasteiger partial charge in [0.15, 0.2) is 0 Å². The number of H-pyrrole nitrogens is 1. The molecular formula is C30H28N4O2S. The highest BCUT2D eigenvalue weighted by atomic mass is 32.2. The lowest BCUT2D eigenvalue weighted by molar-refractivity contribution is 0.102. The van der Waals surface area contributed by atoms with Crippen molar-refractivity contribution in [1.29, 1.82) is 0 Å². The number of aromatic amines is 1. The summed E-state index contributed by atoms with van der Waals surface area (Å²) in [6, 6.07) is 28.6. The lowest BCUT2D eigenvalue weighted by Crippen LogP contribution is -2.14. The van der Waals surface area contributed by atoms with Gasteiger partial charge in [0.2, 0.25) is 0 Å². The van der Waals surface area contributed by atoms with Gasteiger partial charge >= 0.3 is 0 Å². The predicted octanol–water partition coefficient (Wildman–Crippen LogP) is 6.91. The van der Waals surface area contributed by atoms with Crippen LogP contribution in [0.4, 0.5) is 11.5 Å². The molecule has 5 aromatic rings. The van der Waals surface area contributed by atoms with Gasteiger partial charge in [0, 0.05) is 28.4 Å². The number of nitrogens with one attached hydrogen (secondary N) is 3. The summed E-state index contributed by atoms with van der Waals surface area (Å²) in [6.07, 6.45) is 1.63. The van der Waals surface area contributed by atoms with Gasteiger partial charge in [0.05, 0.1) is 4.90 Å². The number of rotatable bonds is 6. The maximum Gasteiger partial charge on any atom is 0.273 e. The maximum atomic E-state index is 13.3. The van der Waals surface area contributed by atoms with Crippen molar-refractivity contribution < 1.29 is 9.00 Å². The van der Waals surface area contributed by atoms with E-state index in [2.05, 4.69) is 40.8 Å². The first-order valence-electron chi connectivity index (χ1n) is 12.0. The molecule has 0 bridgehead atoms. The molecule has 6 nitrogen and oxygen atoms in total. The first-order chi connectivity index (χ1) is 17.8. The standard InChI is InChI=1S/C30H28N4O2S/c1-30(2,3)21-12-15-23(16-13-21)37(36)34-22-14-17-25-24(19-22)27(20-9-5-4-6-10-20)28(32-25)29(35)33-26-11-7-8-18-31-26/h4-19,32,34H,1-3H3,(H,31,33,35). The van der Waals surface area contributed by atoms with Gasteiger partial charge in [-0.25, -0.2) is 9.19 Å². The average Bonchev–Trinajstić information content (AvgIpc) is 3.28. The molecule has 37 heavy (non-hydrogen) atoms. The van der Waals surface area contributed by atoms with Crippen LogP contribution in [-0.2, 0) is 16.4 Å². The molecule has 0 aliphatic carbocycles. The molecule has 0 saturated carbocycles. The van der Waals surface area contributed by atoms with E-state index in [1.54, 1.807) is 18.3 Å². The van der Waals surface area contributed by atoms with Crippen molar-refractivity contribution >= 4 is 39.3 Å². The summed E-state index contributed by atoms with van der Waals surface area (Å²) < 4.78 is 16.2. The Balaban J connectivity index is 1.49. The average molecular weight is 509 g/mol. The molecule has 0 radical (unpaired) electrons. The summed E-state index contributed by atoms with van der Waals surface area (Å²) in [4.78, 5) is 21.4. The Bertz CT molecular complexity index is 1570. The third-order valence-corrected chi connectivity index (χ3v) is 7.26. The second kappa shape index (κ2) is 10.0. The van der Waals surface area contributed by atoms with Gasteiger partial charge in [0.1, 0.15) is 22.5 Å². The molecule has 5 rings (SSSR count). The molecule has 186 valence electrons. The number of anilines is 2. The van der Waals surface area contributed by atoms with Crippen LogP contribution in [0, 0.1) is 0 Å². The highest BCUT2D eigenvalue weighted by molar-refractivity contribution is 7.86. The molecular weight excluding hydrogens is 480 g/mol. The molecule has 2 heterocycles. The highest BCUT2D eigenvalue weighted by Gasteiger charge is 2.20.